The number of benzene rings is 2. The summed E-state index contributed by atoms with van der Waals surface area (Å²) in [6.45, 7) is 0. The number of aromatic carboxylic acids is 1. The maximum atomic E-state index is 13.3. The SMILES string of the molecule is O=C(O)c1cn(-c2ccc(F)cc2[N+](=O)[O-])c(=O)c2ccccc12. The monoisotopic (exact) mass is 328 g/mol. The zero-order valence-corrected chi connectivity index (χ0v) is 12.0. The second kappa shape index (κ2) is 5.58. The molecule has 0 aliphatic carbocycles. The van der Waals surface area contributed by atoms with Gasteiger partial charge in [-0.1, -0.05) is 18.2 Å². The first-order chi connectivity index (χ1) is 11.4. The molecule has 0 aliphatic heterocycles. The van der Waals surface area contributed by atoms with E-state index in [1.54, 1.807) is 12.1 Å². The molecule has 0 unspecified atom stereocenters. The summed E-state index contributed by atoms with van der Waals surface area (Å²) >= 11 is 0. The third-order valence-corrected chi connectivity index (χ3v) is 3.55. The van der Waals surface area contributed by atoms with Gasteiger partial charge in [-0.05, 0) is 18.2 Å². The number of hydrogen-bond donors (Lipinski definition) is 1. The smallest absolute Gasteiger partial charge is 0.337 e. The van der Waals surface area contributed by atoms with E-state index in [0.717, 1.165) is 22.9 Å². The highest BCUT2D eigenvalue weighted by Crippen LogP contribution is 2.25. The predicted molar refractivity (Wildman–Crippen MR) is 83.1 cm³/mol. The average Bonchev–Trinajstić information content (AvgIpc) is 2.55. The molecule has 2 aromatic carbocycles. The molecule has 7 nitrogen and oxygen atoms in total. The van der Waals surface area contributed by atoms with Crippen molar-refractivity contribution in [3.63, 3.8) is 0 Å². The summed E-state index contributed by atoms with van der Waals surface area (Å²) < 4.78 is 14.1. The molecule has 3 aromatic rings. The molecule has 1 aromatic heterocycles. The molecule has 0 amide bonds. The fourth-order valence-corrected chi connectivity index (χ4v) is 2.49. The number of aromatic nitrogens is 1. The predicted octanol–water partition coefficient (Wildman–Crippen LogP) is 2.74. The van der Waals surface area contributed by atoms with E-state index < -0.39 is 28.0 Å². The lowest BCUT2D eigenvalue weighted by molar-refractivity contribution is -0.384. The summed E-state index contributed by atoms with van der Waals surface area (Å²) in [7, 11) is 0. The van der Waals surface area contributed by atoms with Crippen molar-refractivity contribution in [1.82, 2.24) is 4.57 Å². The fraction of sp³-hybridized carbons (Fsp3) is 0. The summed E-state index contributed by atoms with van der Waals surface area (Å²) in [5, 5.41) is 20.8. The van der Waals surface area contributed by atoms with Crippen molar-refractivity contribution in [3.05, 3.63) is 80.5 Å². The first kappa shape index (κ1) is 15.3. The number of carboxylic acids is 1. The van der Waals surface area contributed by atoms with Gasteiger partial charge in [0.1, 0.15) is 11.5 Å². The van der Waals surface area contributed by atoms with Gasteiger partial charge in [0.05, 0.1) is 16.6 Å². The van der Waals surface area contributed by atoms with Gasteiger partial charge in [0.25, 0.3) is 11.2 Å². The quantitative estimate of drug-likeness (QED) is 0.588. The van der Waals surface area contributed by atoms with Crippen molar-refractivity contribution in [1.29, 1.82) is 0 Å². The van der Waals surface area contributed by atoms with Crippen LogP contribution in [-0.4, -0.2) is 20.6 Å². The van der Waals surface area contributed by atoms with Gasteiger partial charge < -0.3 is 5.11 Å². The molecule has 120 valence electrons. The molecule has 24 heavy (non-hydrogen) atoms. The van der Waals surface area contributed by atoms with E-state index >= 15 is 0 Å². The Hall–Kier alpha value is -3.55. The number of fused-ring (bicyclic) bond motifs is 1. The van der Waals surface area contributed by atoms with Gasteiger partial charge in [0, 0.05) is 17.0 Å². The Morgan fingerprint density at radius 1 is 1.17 bits per heavy atom. The molecule has 3 rings (SSSR count). The zero-order valence-electron chi connectivity index (χ0n) is 12.0. The largest absolute Gasteiger partial charge is 0.478 e. The number of halogens is 1. The van der Waals surface area contributed by atoms with Crippen LogP contribution in [-0.2, 0) is 0 Å². The highest BCUT2D eigenvalue weighted by Gasteiger charge is 2.21. The third-order valence-electron chi connectivity index (χ3n) is 3.55. The van der Waals surface area contributed by atoms with E-state index in [2.05, 4.69) is 0 Å². The minimum atomic E-state index is -1.29. The van der Waals surface area contributed by atoms with Crippen molar-refractivity contribution >= 4 is 22.4 Å². The Labute approximate surface area is 133 Å². The second-order valence-electron chi connectivity index (χ2n) is 4.96. The van der Waals surface area contributed by atoms with Crippen LogP contribution in [0.4, 0.5) is 10.1 Å². The lowest BCUT2D eigenvalue weighted by Gasteiger charge is -2.10. The number of hydrogen-bond acceptors (Lipinski definition) is 4. The van der Waals surface area contributed by atoms with E-state index in [4.69, 9.17) is 0 Å². The van der Waals surface area contributed by atoms with Gasteiger partial charge in [0.2, 0.25) is 0 Å². The summed E-state index contributed by atoms with van der Waals surface area (Å²) in [6, 6.07) is 8.74. The Morgan fingerprint density at radius 2 is 1.83 bits per heavy atom. The summed E-state index contributed by atoms with van der Waals surface area (Å²) in [5.41, 5.74) is -1.67. The summed E-state index contributed by atoms with van der Waals surface area (Å²) in [4.78, 5) is 34.4. The molecule has 0 fully saturated rings. The van der Waals surface area contributed by atoms with Gasteiger partial charge in [0.15, 0.2) is 0 Å². The number of carboxylic acid groups (broad SMARTS) is 1. The van der Waals surface area contributed by atoms with Crippen LogP contribution in [0, 0.1) is 15.9 Å². The van der Waals surface area contributed by atoms with Crippen LogP contribution in [0.15, 0.2) is 53.5 Å². The van der Waals surface area contributed by atoms with Crippen LogP contribution in [0.2, 0.25) is 0 Å². The second-order valence-corrected chi connectivity index (χ2v) is 4.96. The fourth-order valence-electron chi connectivity index (χ4n) is 2.49. The summed E-state index contributed by atoms with van der Waals surface area (Å²) in [6.07, 6.45) is 1.01. The molecule has 0 spiro atoms. The molecule has 0 saturated carbocycles. The van der Waals surface area contributed by atoms with Gasteiger partial charge in [-0.25, -0.2) is 9.18 Å². The van der Waals surface area contributed by atoms with Crippen LogP contribution >= 0.6 is 0 Å². The highest BCUT2D eigenvalue weighted by molar-refractivity contribution is 6.03. The molecular weight excluding hydrogens is 319 g/mol. The number of nitrogens with zero attached hydrogens (tertiary/aromatic N) is 2. The standard InChI is InChI=1S/C16H9FN2O5/c17-9-5-6-13(14(7-9)19(23)24)18-8-12(16(21)22)10-3-1-2-4-11(10)15(18)20/h1-8H,(H,21,22). The lowest BCUT2D eigenvalue weighted by atomic mass is 10.1. The summed E-state index contributed by atoms with van der Waals surface area (Å²) in [5.74, 6) is -2.12. The van der Waals surface area contributed by atoms with Crippen molar-refractivity contribution in [2.45, 2.75) is 0 Å². The zero-order chi connectivity index (χ0) is 17.4. The highest BCUT2D eigenvalue weighted by atomic mass is 19.1. The minimum Gasteiger partial charge on any atom is -0.478 e. The maximum absolute atomic E-state index is 13.3. The van der Waals surface area contributed by atoms with Crippen LogP contribution in [0.5, 0.6) is 0 Å². The lowest BCUT2D eigenvalue weighted by Crippen LogP contribution is -2.21. The number of pyridine rings is 1. The van der Waals surface area contributed by atoms with Gasteiger partial charge >= 0.3 is 5.97 Å². The number of nitro groups is 1. The van der Waals surface area contributed by atoms with Gasteiger partial charge in [-0.3, -0.25) is 19.5 Å². The van der Waals surface area contributed by atoms with E-state index in [9.17, 15) is 29.2 Å². The normalized spacial score (nSPS) is 10.7. The molecule has 0 aliphatic rings. The van der Waals surface area contributed by atoms with Crippen molar-refractivity contribution in [3.8, 4) is 5.69 Å². The maximum Gasteiger partial charge on any atom is 0.337 e. The van der Waals surface area contributed by atoms with E-state index in [0.29, 0.717) is 6.07 Å². The third kappa shape index (κ3) is 2.39. The first-order valence-corrected chi connectivity index (χ1v) is 6.72. The van der Waals surface area contributed by atoms with Crippen LogP contribution in [0.25, 0.3) is 16.5 Å². The molecule has 1 N–H and O–H groups in total. The molecular formula is C16H9FN2O5. The molecule has 1 heterocycles. The molecule has 0 bridgehead atoms. The molecule has 8 heteroatoms. The van der Waals surface area contributed by atoms with Crippen molar-refractivity contribution in [2.75, 3.05) is 0 Å². The number of nitro benzene ring substituents is 1. The molecule has 0 saturated heterocycles. The van der Waals surface area contributed by atoms with Crippen LogP contribution in [0.1, 0.15) is 10.4 Å². The van der Waals surface area contributed by atoms with Gasteiger partial charge in [-0.15, -0.1) is 0 Å². The first-order valence-electron chi connectivity index (χ1n) is 6.72. The number of rotatable bonds is 3. The Morgan fingerprint density at radius 3 is 2.46 bits per heavy atom. The van der Waals surface area contributed by atoms with Crippen LogP contribution < -0.4 is 5.56 Å². The molecule has 0 radical (unpaired) electrons. The Balaban J connectivity index is 2.44. The van der Waals surface area contributed by atoms with E-state index in [1.807, 2.05) is 0 Å². The van der Waals surface area contributed by atoms with E-state index in [-0.39, 0.29) is 22.0 Å². The Kier molecular flexibility index (Phi) is 3.57. The topological polar surface area (TPSA) is 102 Å². The van der Waals surface area contributed by atoms with Crippen molar-refractivity contribution < 1.29 is 19.2 Å². The molecule has 0 atom stereocenters. The average molecular weight is 328 g/mol. The van der Waals surface area contributed by atoms with Gasteiger partial charge in [-0.2, -0.15) is 0 Å². The van der Waals surface area contributed by atoms with Crippen LogP contribution in [0.3, 0.4) is 0 Å². The Bertz CT molecular complexity index is 1060. The van der Waals surface area contributed by atoms with E-state index in [1.165, 1.54) is 12.1 Å². The van der Waals surface area contributed by atoms with Crippen molar-refractivity contribution in [2.24, 2.45) is 0 Å². The number of carbonyl (C=O) groups is 1. The minimum absolute atomic E-state index is 0.0935.